The molecule has 0 atom stereocenters. The van der Waals surface area contributed by atoms with Crippen LogP contribution in [0.25, 0.3) is 16.3 Å². The van der Waals surface area contributed by atoms with E-state index in [1.165, 1.54) is 16.2 Å². The van der Waals surface area contributed by atoms with Gasteiger partial charge >= 0.3 is 0 Å². The highest BCUT2D eigenvalue weighted by atomic mass is 32.2. The van der Waals surface area contributed by atoms with Gasteiger partial charge in [0.05, 0.1) is 5.69 Å². The molecule has 6 nitrogen and oxygen atoms in total. The normalized spacial score (nSPS) is 11.5. The van der Waals surface area contributed by atoms with Gasteiger partial charge in [-0.05, 0) is 18.9 Å². The summed E-state index contributed by atoms with van der Waals surface area (Å²) in [4.78, 5) is 18.9. The van der Waals surface area contributed by atoms with E-state index in [0.29, 0.717) is 5.75 Å². The largest absolute Gasteiger partial charge is 0.302 e. The Morgan fingerprint density at radius 3 is 2.86 bits per heavy atom. The molecule has 4 aromatic heterocycles. The predicted octanol–water partition coefficient (Wildman–Crippen LogP) is 4.73. The lowest BCUT2D eigenvalue weighted by Gasteiger charge is -2.08. The maximum absolute atomic E-state index is 12.2. The SMILES string of the molecule is CCCc1cc(-c2nnc(SCc3cc(=O)n4ccsc4n3)n2CCC)cs1. The quantitative estimate of drug-likeness (QED) is 0.377. The average Bonchev–Trinajstić information content (AvgIpc) is 3.40. The van der Waals surface area contributed by atoms with Crippen molar-refractivity contribution in [2.45, 2.75) is 50.6 Å². The van der Waals surface area contributed by atoms with Crippen LogP contribution in [-0.4, -0.2) is 24.1 Å². The minimum absolute atomic E-state index is 0.0423. The minimum atomic E-state index is -0.0423. The molecule has 4 aromatic rings. The maximum Gasteiger partial charge on any atom is 0.258 e. The Labute approximate surface area is 175 Å². The maximum atomic E-state index is 12.2. The number of nitrogens with zero attached hydrogens (tertiary/aromatic N) is 5. The zero-order valence-corrected chi connectivity index (χ0v) is 18.2. The number of thiophene rings is 1. The molecule has 0 bridgehead atoms. The van der Waals surface area contributed by atoms with Crippen LogP contribution in [0.4, 0.5) is 0 Å². The number of thiazole rings is 1. The topological polar surface area (TPSA) is 65.1 Å². The summed E-state index contributed by atoms with van der Waals surface area (Å²) in [5.41, 5.74) is 1.86. The second kappa shape index (κ2) is 8.59. The summed E-state index contributed by atoms with van der Waals surface area (Å²) in [6, 6.07) is 3.83. The van der Waals surface area contributed by atoms with Gasteiger partial charge in [0.15, 0.2) is 15.9 Å². The van der Waals surface area contributed by atoms with Crippen molar-refractivity contribution in [3.8, 4) is 11.4 Å². The van der Waals surface area contributed by atoms with Crippen molar-refractivity contribution >= 4 is 39.4 Å². The molecule has 0 aliphatic heterocycles. The zero-order chi connectivity index (χ0) is 19.5. The monoisotopic (exact) mass is 431 g/mol. The van der Waals surface area contributed by atoms with Gasteiger partial charge in [-0.3, -0.25) is 9.20 Å². The number of rotatable bonds is 8. The molecular weight excluding hydrogens is 410 g/mol. The van der Waals surface area contributed by atoms with Crippen LogP contribution in [0.5, 0.6) is 0 Å². The van der Waals surface area contributed by atoms with Gasteiger partial charge in [-0.15, -0.1) is 32.9 Å². The van der Waals surface area contributed by atoms with Crippen LogP contribution in [-0.2, 0) is 18.7 Å². The van der Waals surface area contributed by atoms with Gasteiger partial charge in [-0.25, -0.2) is 4.98 Å². The Hall–Kier alpha value is -1.97. The Bertz CT molecular complexity index is 1140. The molecule has 0 amide bonds. The van der Waals surface area contributed by atoms with Crippen molar-refractivity contribution in [3.05, 3.63) is 50.0 Å². The van der Waals surface area contributed by atoms with E-state index in [9.17, 15) is 4.79 Å². The molecule has 0 aliphatic rings. The fraction of sp³-hybridized carbons (Fsp3) is 0.368. The van der Waals surface area contributed by atoms with Gasteiger partial charge < -0.3 is 4.57 Å². The van der Waals surface area contributed by atoms with Crippen molar-refractivity contribution in [1.82, 2.24) is 24.1 Å². The Morgan fingerprint density at radius 2 is 2.04 bits per heavy atom. The predicted molar refractivity (Wildman–Crippen MR) is 117 cm³/mol. The van der Waals surface area contributed by atoms with Gasteiger partial charge in [0.2, 0.25) is 0 Å². The molecule has 0 unspecified atom stereocenters. The summed E-state index contributed by atoms with van der Waals surface area (Å²) in [5.74, 6) is 1.51. The fourth-order valence-electron chi connectivity index (χ4n) is 3.01. The Morgan fingerprint density at radius 1 is 1.14 bits per heavy atom. The zero-order valence-electron chi connectivity index (χ0n) is 15.8. The van der Waals surface area contributed by atoms with Gasteiger partial charge in [0.25, 0.3) is 5.56 Å². The first-order valence-corrected chi connectivity index (χ1v) is 12.0. The van der Waals surface area contributed by atoms with Crippen molar-refractivity contribution < 1.29 is 0 Å². The first-order valence-electron chi connectivity index (χ1n) is 9.29. The molecule has 0 fully saturated rings. The number of thioether (sulfide) groups is 1. The third-order valence-electron chi connectivity index (χ3n) is 4.28. The van der Waals surface area contributed by atoms with Gasteiger partial charge in [-0.1, -0.05) is 32.0 Å². The number of hydrogen-bond donors (Lipinski definition) is 0. The number of hydrogen-bond acceptors (Lipinski definition) is 7. The first kappa shape index (κ1) is 19.4. The molecule has 0 aliphatic carbocycles. The second-order valence-electron chi connectivity index (χ2n) is 6.44. The van der Waals surface area contributed by atoms with E-state index in [2.05, 4.69) is 45.0 Å². The number of fused-ring (bicyclic) bond motifs is 1. The van der Waals surface area contributed by atoms with Crippen molar-refractivity contribution in [2.24, 2.45) is 0 Å². The molecule has 0 saturated heterocycles. The van der Waals surface area contributed by atoms with E-state index in [0.717, 1.165) is 53.0 Å². The lowest BCUT2D eigenvalue weighted by Crippen LogP contribution is -2.12. The van der Waals surface area contributed by atoms with Gasteiger partial charge in [0.1, 0.15) is 0 Å². The summed E-state index contributed by atoms with van der Waals surface area (Å²) in [6.07, 6.45) is 5.00. The van der Waals surface area contributed by atoms with Crippen molar-refractivity contribution in [2.75, 3.05) is 0 Å². The van der Waals surface area contributed by atoms with E-state index in [1.807, 2.05) is 5.38 Å². The molecule has 4 heterocycles. The highest BCUT2D eigenvalue weighted by molar-refractivity contribution is 7.98. The van der Waals surface area contributed by atoms with Gasteiger partial charge in [0, 0.05) is 45.8 Å². The highest BCUT2D eigenvalue weighted by Crippen LogP contribution is 2.29. The summed E-state index contributed by atoms with van der Waals surface area (Å²) >= 11 is 4.83. The molecule has 0 aromatic carbocycles. The van der Waals surface area contributed by atoms with Crippen LogP contribution in [0.2, 0.25) is 0 Å². The Balaban J connectivity index is 1.58. The molecule has 0 radical (unpaired) electrons. The molecule has 28 heavy (non-hydrogen) atoms. The van der Waals surface area contributed by atoms with E-state index < -0.39 is 0 Å². The Kier molecular flexibility index (Phi) is 5.93. The lowest BCUT2D eigenvalue weighted by molar-refractivity contribution is 0.626. The standard InChI is InChI=1S/C19H21N5OS3/c1-3-5-15-9-13(11-27-15)17-21-22-19(24(17)6-4-2)28-12-14-10-16(25)23-7-8-26-18(23)20-14/h7-11H,3-6,12H2,1-2H3. The summed E-state index contributed by atoms with van der Waals surface area (Å²) in [5, 5.41) is 13.8. The molecular formula is C19H21N5OS3. The van der Waals surface area contributed by atoms with Crippen molar-refractivity contribution in [1.29, 1.82) is 0 Å². The molecule has 0 N–H and O–H groups in total. The third-order valence-corrected chi connectivity index (χ3v) is 7.03. The molecule has 0 spiro atoms. The fourth-order valence-corrected chi connectivity index (χ4v) is 5.57. The van der Waals surface area contributed by atoms with Crippen LogP contribution in [0.1, 0.15) is 37.3 Å². The molecule has 146 valence electrons. The lowest BCUT2D eigenvalue weighted by atomic mass is 10.2. The van der Waals surface area contributed by atoms with Crippen LogP contribution in [0, 0.1) is 0 Å². The van der Waals surface area contributed by atoms with Crippen LogP contribution in [0.15, 0.2) is 39.0 Å². The summed E-state index contributed by atoms with van der Waals surface area (Å²) < 4.78 is 3.75. The third kappa shape index (κ3) is 3.92. The molecule has 9 heteroatoms. The van der Waals surface area contributed by atoms with Crippen LogP contribution in [0.3, 0.4) is 0 Å². The van der Waals surface area contributed by atoms with Gasteiger partial charge in [-0.2, -0.15) is 0 Å². The van der Waals surface area contributed by atoms with E-state index >= 15 is 0 Å². The summed E-state index contributed by atoms with van der Waals surface area (Å²) in [7, 11) is 0. The summed E-state index contributed by atoms with van der Waals surface area (Å²) in [6.45, 7) is 5.21. The average molecular weight is 432 g/mol. The van der Waals surface area contributed by atoms with E-state index in [4.69, 9.17) is 0 Å². The van der Waals surface area contributed by atoms with Crippen LogP contribution >= 0.6 is 34.4 Å². The second-order valence-corrected chi connectivity index (χ2v) is 9.25. The molecule has 0 saturated carbocycles. The molecule has 4 rings (SSSR count). The first-order chi connectivity index (χ1) is 13.7. The van der Waals surface area contributed by atoms with Crippen LogP contribution < -0.4 is 5.56 Å². The minimum Gasteiger partial charge on any atom is -0.302 e. The smallest absolute Gasteiger partial charge is 0.258 e. The van der Waals surface area contributed by atoms with E-state index in [-0.39, 0.29) is 5.56 Å². The van der Waals surface area contributed by atoms with E-state index in [1.54, 1.807) is 39.8 Å². The number of aromatic nitrogens is 5. The highest BCUT2D eigenvalue weighted by Gasteiger charge is 2.16. The number of aryl methyl sites for hydroxylation is 1. The van der Waals surface area contributed by atoms with Crippen molar-refractivity contribution in [3.63, 3.8) is 0 Å².